The Balaban J connectivity index is 1.22. The van der Waals surface area contributed by atoms with Gasteiger partial charge in [0.1, 0.15) is 0 Å². The van der Waals surface area contributed by atoms with E-state index in [1.165, 1.54) is 38.5 Å². The van der Waals surface area contributed by atoms with Gasteiger partial charge in [-0.25, -0.2) is 0 Å². The Bertz CT molecular complexity index is 616. The summed E-state index contributed by atoms with van der Waals surface area (Å²) in [7, 11) is 0. The van der Waals surface area contributed by atoms with Gasteiger partial charge in [0, 0.05) is 25.4 Å². The maximum atomic E-state index is 5.63. The molecule has 1 saturated heterocycles. The second-order valence-corrected chi connectivity index (χ2v) is 9.17. The monoisotopic (exact) mass is 360 g/mol. The van der Waals surface area contributed by atoms with E-state index in [2.05, 4.69) is 27.6 Å². The van der Waals surface area contributed by atoms with Gasteiger partial charge in [0.2, 0.25) is 0 Å². The molecule has 5 nitrogen and oxygen atoms in total. The van der Waals surface area contributed by atoms with E-state index in [1.807, 2.05) is 0 Å². The highest BCUT2D eigenvalue weighted by Gasteiger charge is 2.52. The molecule has 5 aliphatic rings. The summed E-state index contributed by atoms with van der Waals surface area (Å²) in [5.41, 5.74) is 0.279. The van der Waals surface area contributed by atoms with Crippen LogP contribution in [-0.2, 0) is 10.3 Å². The van der Waals surface area contributed by atoms with Crippen molar-refractivity contribution in [2.75, 3.05) is 18.5 Å². The molecule has 5 fully saturated rings. The molecule has 0 aromatic carbocycles. The topological polar surface area (TPSA) is 51.1 Å². The van der Waals surface area contributed by atoms with Crippen LogP contribution in [0.2, 0.25) is 0 Å². The van der Waals surface area contributed by atoms with Gasteiger partial charge < -0.3 is 15.4 Å². The van der Waals surface area contributed by atoms with E-state index in [0.29, 0.717) is 11.2 Å². The van der Waals surface area contributed by atoms with E-state index in [-0.39, 0.29) is 5.54 Å². The van der Waals surface area contributed by atoms with Gasteiger partial charge in [-0.05, 0) is 81.3 Å². The zero-order valence-electron chi connectivity index (χ0n) is 14.7. The number of rotatable bonds is 4. The molecule has 4 bridgehead atoms. The molecule has 25 heavy (non-hydrogen) atoms. The van der Waals surface area contributed by atoms with Crippen molar-refractivity contribution in [3.63, 3.8) is 0 Å². The number of nitrogens with zero attached hydrogens (tertiary/aromatic N) is 2. The zero-order chi connectivity index (χ0) is 16.9. The van der Waals surface area contributed by atoms with E-state index in [1.54, 1.807) is 0 Å². The van der Waals surface area contributed by atoms with Gasteiger partial charge in [0.15, 0.2) is 10.9 Å². The second kappa shape index (κ2) is 6.23. The lowest BCUT2D eigenvalue weighted by Crippen LogP contribution is -2.52. The van der Waals surface area contributed by atoms with Crippen LogP contribution in [0.4, 0.5) is 5.82 Å². The standard InChI is InChI=1S/C19H28N4OS/c25-18(20-12-16-2-1-5-24-16)21-17-3-4-23(22-17)19-9-13-6-14(10-19)8-15(7-13)11-19/h3-4,13-16H,1-2,5-12H2,(H2,20,21,22,25)/t13?,14?,15?,16-,19?/m1/s1. The fraction of sp³-hybridized carbons (Fsp3) is 0.789. The predicted octanol–water partition coefficient (Wildman–Crippen LogP) is 3.27. The molecular formula is C19H28N4OS. The van der Waals surface area contributed by atoms with Gasteiger partial charge >= 0.3 is 0 Å². The highest BCUT2D eigenvalue weighted by atomic mass is 32.1. The van der Waals surface area contributed by atoms with E-state index in [9.17, 15) is 0 Å². The molecular weight excluding hydrogens is 332 g/mol. The maximum Gasteiger partial charge on any atom is 0.172 e. The summed E-state index contributed by atoms with van der Waals surface area (Å²) in [6, 6.07) is 2.07. The zero-order valence-corrected chi connectivity index (χ0v) is 15.6. The highest BCUT2D eigenvalue weighted by Crippen LogP contribution is 2.58. The number of nitrogens with one attached hydrogen (secondary N) is 2. The fourth-order valence-electron chi connectivity index (χ4n) is 6.17. The summed E-state index contributed by atoms with van der Waals surface area (Å²) in [6.07, 6.45) is 13.1. The summed E-state index contributed by atoms with van der Waals surface area (Å²) in [5.74, 6) is 3.66. The van der Waals surface area contributed by atoms with Gasteiger partial charge in [-0.1, -0.05) is 0 Å². The smallest absolute Gasteiger partial charge is 0.172 e. The van der Waals surface area contributed by atoms with Crippen LogP contribution in [0.1, 0.15) is 51.4 Å². The predicted molar refractivity (Wildman–Crippen MR) is 102 cm³/mol. The number of hydrogen-bond donors (Lipinski definition) is 2. The van der Waals surface area contributed by atoms with Crippen molar-refractivity contribution in [2.45, 2.75) is 63.0 Å². The first-order valence-electron chi connectivity index (χ1n) is 9.91. The lowest BCUT2D eigenvalue weighted by atomic mass is 9.53. The molecule has 4 saturated carbocycles. The number of anilines is 1. The minimum atomic E-state index is 0.279. The first kappa shape index (κ1) is 16.1. The van der Waals surface area contributed by atoms with Gasteiger partial charge in [0.05, 0.1) is 11.6 Å². The van der Waals surface area contributed by atoms with E-state index in [4.69, 9.17) is 22.1 Å². The van der Waals surface area contributed by atoms with Crippen molar-refractivity contribution < 1.29 is 4.74 Å². The highest BCUT2D eigenvalue weighted by molar-refractivity contribution is 7.80. The minimum absolute atomic E-state index is 0.279. The molecule has 6 rings (SSSR count). The summed E-state index contributed by atoms with van der Waals surface area (Å²) >= 11 is 5.42. The molecule has 0 spiro atoms. The quantitative estimate of drug-likeness (QED) is 0.807. The Hall–Kier alpha value is -1.14. The van der Waals surface area contributed by atoms with Crippen molar-refractivity contribution in [3.8, 4) is 0 Å². The molecule has 1 aromatic rings. The molecule has 0 radical (unpaired) electrons. The van der Waals surface area contributed by atoms with Gasteiger partial charge in [0.25, 0.3) is 0 Å². The van der Waals surface area contributed by atoms with Crippen molar-refractivity contribution in [1.82, 2.24) is 15.1 Å². The van der Waals surface area contributed by atoms with Crippen molar-refractivity contribution >= 4 is 23.1 Å². The maximum absolute atomic E-state index is 5.63. The Morgan fingerprint density at radius 3 is 2.60 bits per heavy atom. The summed E-state index contributed by atoms with van der Waals surface area (Å²) in [4.78, 5) is 0. The van der Waals surface area contributed by atoms with Gasteiger partial charge in [-0.2, -0.15) is 5.10 Å². The number of aromatic nitrogens is 2. The SMILES string of the molecule is S=C(NC[C@H]1CCCO1)Nc1ccn(C23CC4CC(CC(C4)C2)C3)n1. The van der Waals surface area contributed by atoms with Gasteiger partial charge in [-0.3, -0.25) is 4.68 Å². The Kier molecular flexibility index (Phi) is 4.01. The Morgan fingerprint density at radius 1 is 1.24 bits per heavy atom. The molecule has 136 valence electrons. The lowest BCUT2D eigenvalue weighted by Gasteiger charge is -2.56. The third-order valence-corrected chi connectivity index (χ3v) is 7.08. The molecule has 6 heteroatoms. The fourth-order valence-corrected chi connectivity index (χ4v) is 6.36. The third kappa shape index (κ3) is 3.08. The average Bonchev–Trinajstić information content (AvgIpc) is 3.23. The van der Waals surface area contributed by atoms with Crippen LogP contribution in [0.3, 0.4) is 0 Å². The van der Waals surface area contributed by atoms with E-state index >= 15 is 0 Å². The Morgan fingerprint density at radius 2 is 1.96 bits per heavy atom. The minimum Gasteiger partial charge on any atom is -0.376 e. The third-order valence-electron chi connectivity index (χ3n) is 6.84. The van der Waals surface area contributed by atoms with Crippen LogP contribution in [0.25, 0.3) is 0 Å². The first-order valence-corrected chi connectivity index (χ1v) is 10.3. The molecule has 1 atom stereocenters. The first-order chi connectivity index (χ1) is 12.2. The number of ether oxygens (including phenoxy) is 1. The van der Waals surface area contributed by atoms with Crippen LogP contribution in [0.15, 0.2) is 12.3 Å². The van der Waals surface area contributed by atoms with E-state index < -0.39 is 0 Å². The molecule has 0 amide bonds. The van der Waals surface area contributed by atoms with Crippen molar-refractivity contribution in [1.29, 1.82) is 0 Å². The van der Waals surface area contributed by atoms with E-state index in [0.717, 1.165) is 49.6 Å². The van der Waals surface area contributed by atoms with Gasteiger partial charge in [-0.15, -0.1) is 0 Å². The summed E-state index contributed by atoms with van der Waals surface area (Å²) in [5, 5.41) is 12.0. The van der Waals surface area contributed by atoms with Crippen molar-refractivity contribution in [3.05, 3.63) is 12.3 Å². The normalized spacial score (nSPS) is 38.9. The largest absolute Gasteiger partial charge is 0.376 e. The summed E-state index contributed by atoms with van der Waals surface area (Å²) in [6.45, 7) is 1.66. The van der Waals surface area contributed by atoms with Crippen LogP contribution in [-0.4, -0.2) is 34.1 Å². The van der Waals surface area contributed by atoms with Crippen LogP contribution in [0, 0.1) is 17.8 Å². The Labute approximate surface area is 154 Å². The van der Waals surface area contributed by atoms with Crippen molar-refractivity contribution in [2.24, 2.45) is 17.8 Å². The average molecular weight is 361 g/mol. The van der Waals surface area contributed by atoms with Crippen LogP contribution < -0.4 is 10.6 Å². The molecule has 4 aliphatic carbocycles. The number of hydrogen-bond acceptors (Lipinski definition) is 3. The molecule has 1 aromatic heterocycles. The number of thiocarbonyl (C=S) groups is 1. The summed E-state index contributed by atoms with van der Waals surface area (Å²) < 4.78 is 7.89. The molecule has 2 heterocycles. The molecule has 0 unspecified atom stereocenters. The molecule has 1 aliphatic heterocycles. The second-order valence-electron chi connectivity index (χ2n) is 8.76. The van der Waals surface area contributed by atoms with Crippen LogP contribution >= 0.6 is 12.2 Å². The van der Waals surface area contributed by atoms with Crippen LogP contribution in [0.5, 0.6) is 0 Å². The lowest BCUT2D eigenvalue weighted by molar-refractivity contribution is -0.0492. The molecule has 2 N–H and O–H groups in total.